The van der Waals surface area contributed by atoms with Crippen LogP contribution in [0.25, 0.3) is 0 Å². The maximum atomic E-state index is 10.5. The van der Waals surface area contributed by atoms with Crippen LogP contribution in [0.1, 0.15) is 183 Å². The van der Waals surface area contributed by atoms with Gasteiger partial charge in [0.15, 0.2) is 0 Å². The summed E-state index contributed by atoms with van der Waals surface area (Å²) in [5, 5.41) is 31.6. The van der Waals surface area contributed by atoms with Crippen LogP contribution in [-0.4, -0.2) is 57.7 Å². The first-order valence-corrected chi connectivity index (χ1v) is 24.2. The fourth-order valence-corrected chi connectivity index (χ4v) is 6.83. The van der Waals surface area contributed by atoms with E-state index in [0.717, 1.165) is 56.3 Å². The fourth-order valence-electron chi connectivity index (χ4n) is 5.12. The van der Waals surface area contributed by atoms with Crippen LogP contribution in [0.2, 0.25) is 4.44 Å². The molecule has 0 saturated carbocycles. The third-order valence-corrected chi connectivity index (χ3v) is 11.0. The Morgan fingerprint density at radius 3 is 0.882 bits per heavy atom. The van der Waals surface area contributed by atoms with Gasteiger partial charge in [-0.15, -0.1) is 0 Å². The van der Waals surface area contributed by atoms with Gasteiger partial charge < -0.3 is 29.7 Å². The molecule has 0 fully saturated rings. The van der Waals surface area contributed by atoms with Crippen LogP contribution < -0.4 is 15.3 Å². The Morgan fingerprint density at radius 1 is 0.431 bits per heavy atom. The fraction of sp³-hybridized carbons (Fsp3) is 0.927. The van der Waals surface area contributed by atoms with E-state index in [1.54, 1.807) is 22.5 Å². The molecule has 0 amide bonds. The minimum absolute atomic E-state index is 0.364. The van der Waals surface area contributed by atoms with E-state index in [1.165, 1.54) is 81.5 Å². The Bertz CT molecular complexity index is 663. The van der Waals surface area contributed by atoms with Crippen molar-refractivity contribution < 1.29 is 29.7 Å². The van der Waals surface area contributed by atoms with E-state index in [4.69, 9.17) is 0 Å². The van der Waals surface area contributed by atoms with Gasteiger partial charge in [0.05, 0.1) is 0 Å². The summed E-state index contributed by atoms with van der Waals surface area (Å²) in [4.78, 5) is 31.6. The quantitative estimate of drug-likeness (QED) is 0.0378. The van der Waals surface area contributed by atoms with Crippen LogP contribution in [-0.2, 0) is 14.4 Å². The van der Waals surface area contributed by atoms with Crippen molar-refractivity contribution >= 4 is 78.3 Å². The molecular formula is C41H80O6S3Sn. The first kappa shape index (κ1) is 58.0. The molecule has 0 aromatic heterocycles. The van der Waals surface area contributed by atoms with Crippen LogP contribution in [0.4, 0.5) is 0 Å². The van der Waals surface area contributed by atoms with Crippen LogP contribution >= 0.6 is 37.9 Å². The number of carboxylic acid groups (broad SMARTS) is 3. The Hall–Kier alpha value is 0.259. The Morgan fingerprint density at radius 2 is 0.667 bits per heavy atom. The summed E-state index contributed by atoms with van der Waals surface area (Å²) in [6.07, 6.45) is 24.4. The molecule has 302 valence electrons. The summed E-state index contributed by atoms with van der Waals surface area (Å²) in [6, 6.07) is 0. The zero-order valence-corrected chi connectivity index (χ0v) is 39.5. The molecule has 0 aliphatic heterocycles. The summed E-state index contributed by atoms with van der Waals surface area (Å²) >= 11 is 13.7. The summed E-state index contributed by atoms with van der Waals surface area (Å²) in [5.41, 5.74) is 0. The number of hydrogen-bond acceptors (Lipinski definition) is 9. The molecule has 51 heavy (non-hydrogen) atoms. The zero-order valence-electron chi connectivity index (χ0n) is 33.9. The molecule has 3 unspecified atom stereocenters. The van der Waals surface area contributed by atoms with Crippen LogP contribution in [0.5, 0.6) is 0 Å². The van der Waals surface area contributed by atoms with Crippen molar-refractivity contribution in [2.45, 2.75) is 188 Å². The molecule has 0 bridgehead atoms. The minimum atomic E-state index is -0.955. The van der Waals surface area contributed by atoms with E-state index in [1.807, 2.05) is 0 Å². The molecule has 10 heteroatoms. The van der Waals surface area contributed by atoms with Gasteiger partial charge in [0.1, 0.15) is 0 Å². The van der Waals surface area contributed by atoms with Crippen molar-refractivity contribution in [1.29, 1.82) is 0 Å². The van der Waals surface area contributed by atoms with Crippen molar-refractivity contribution in [1.82, 2.24) is 0 Å². The molecule has 0 radical (unpaired) electrons. The molecule has 0 rings (SSSR count). The molecule has 0 N–H and O–H groups in total. The molecule has 0 aliphatic carbocycles. The normalized spacial score (nSPS) is 12.6. The van der Waals surface area contributed by atoms with Gasteiger partial charge in [-0.1, -0.05) is 119 Å². The van der Waals surface area contributed by atoms with Gasteiger partial charge in [0, 0.05) is 35.7 Å². The predicted molar refractivity (Wildman–Crippen MR) is 225 cm³/mol. The van der Waals surface area contributed by atoms with Crippen molar-refractivity contribution in [3.63, 3.8) is 0 Å². The van der Waals surface area contributed by atoms with Gasteiger partial charge in [0.25, 0.3) is 0 Å². The van der Waals surface area contributed by atoms with Crippen molar-refractivity contribution in [2.24, 2.45) is 35.5 Å². The van der Waals surface area contributed by atoms with Crippen molar-refractivity contribution in [2.75, 3.05) is 17.3 Å². The standard InChI is InChI=1S/3C11H22O2S.C8H17.Sn/c3*1-9(2)6-4-3-5-7-10(8-14)11(12)13;1-3-5-7-8-6-4-2;/h3*9-10,14H,3-8H2,1-2H3,(H,12,13);1,3-8H2,2H3;/q;;;;+3/p-3. The van der Waals surface area contributed by atoms with Gasteiger partial charge in [0.2, 0.25) is 0 Å². The first-order chi connectivity index (χ1) is 24.1. The molecule has 0 heterocycles. The molecule has 3 atom stereocenters. The molecule has 6 nitrogen and oxygen atoms in total. The monoisotopic (exact) mass is 884 g/mol. The Labute approximate surface area is 346 Å². The summed E-state index contributed by atoms with van der Waals surface area (Å²) in [6.45, 7) is 15.5. The van der Waals surface area contributed by atoms with E-state index in [9.17, 15) is 29.7 Å². The number of thiol groups is 3. The molecule has 0 aliphatic rings. The van der Waals surface area contributed by atoms with E-state index in [-0.39, 0.29) is 17.8 Å². The number of carboxylic acids is 3. The zero-order chi connectivity index (χ0) is 39.9. The summed E-state index contributed by atoms with van der Waals surface area (Å²) in [7, 11) is 0. The van der Waals surface area contributed by atoms with Crippen LogP contribution in [0.15, 0.2) is 0 Å². The Balaban J connectivity index is -0.000000292. The number of carbonyl (C=O) groups excluding carboxylic acids is 3. The topological polar surface area (TPSA) is 120 Å². The molecular weight excluding hydrogens is 803 g/mol. The maximum absolute atomic E-state index is 10.5. The van der Waals surface area contributed by atoms with E-state index < -0.39 is 17.9 Å². The average Bonchev–Trinajstić information content (AvgIpc) is 3.06. The number of hydrogen-bond donors (Lipinski definition) is 3. The van der Waals surface area contributed by atoms with Gasteiger partial charge in [-0.3, -0.25) is 0 Å². The molecule has 0 aromatic rings. The van der Waals surface area contributed by atoms with Crippen molar-refractivity contribution in [3.05, 3.63) is 0 Å². The van der Waals surface area contributed by atoms with Crippen LogP contribution in [0, 0.1) is 35.5 Å². The number of aliphatic carboxylic acids is 3. The van der Waals surface area contributed by atoms with E-state index in [2.05, 4.69) is 86.4 Å². The van der Waals surface area contributed by atoms with E-state index >= 15 is 0 Å². The molecule has 0 spiro atoms. The Kier molecular flexibility index (Phi) is 50.8. The van der Waals surface area contributed by atoms with E-state index in [0.29, 0.717) is 36.5 Å². The van der Waals surface area contributed by atoms with Crippen molar-refractivity contribution in [3.8, 4) is 0 Å². The predicted octanol–water partition coefficient (Wildman–Crippen LogP) is 8.60. The van der Waals surface area contributed by atoms with Crippen LogP contribution in [0.3, 0.4) is 0 Å². The molecule has 0 aromatic carbocycles. The number of carbonyl (C=O) groups is 3. The average molecular weight is 884 g/mol. The second-order valence-corrected chi connectivity index (χ2v) is 17.7. The second kappa shape index (κ2) is 44.7. The third-order valence-electron chi connectivity index (χ3n) is 8.69. The number of unbranched alkanes of at least 4 members (excludes halogenated alkanes) is 11. The second-order valence-electron chi connectivity index (χ2n) is 15.2. The van der Waals surface area contributed by atoms with Gasteiger partial charge in [-0.2, -0.15) is 37.9 Å². The number of rotatable bonds is 30. The third kappa shape index (κ3) is 50.3. The van der Waals surface area contributed by atoms with Gasteiger partial charge >= 0.3 is 72.4 Å². The summed E-state index contributed by atoms with van der Waals surface area (Å²) < 4.78 is 1.46. The summed E-state index contributed by atoms with van der Waals surface area (Å²) in [5.74, 6) is -0.528. The van der Waals surface area contributed by atoms with Gasteiger partial charge in [-0.25, -0.2) is 0 Å². The SMILES string of the molecule is CC(C)CCCCCC(CS)C(=O)[O-].CC(C)CCCCCC(CS)C(=O)[O-].CC(C)CCCCCC(CS)C(=O)[O-].CCCCCCC[CH2][Sn+3]. The van der Waals surface area contributed by atoms with Gasteiger partial charge in [-0.05, 0) is 54.3 Å². The first-order valence-electron chi connectivity index (χ1n) is 20.2. The molecule has 0 saturated heterocycles.